The number of fused-ring (bicyclic) bond motifs is 1. The van der Waals surface area contributed by atoms with Crippen molar-refractivity contribution in [2.45, 2.75) is 12.8 Å². The van der Waals surface area contributed by atoms with Crippen LogP contribution < -0.4 is 4.74 Å². The molecule has 0 saturated carbocycles. The summed E-state index contributed by atoms with van der Waals surface area (Å²) in [5.41, 5.74) is 4.10. The Morgan fingerprint density at radius 3 is 2.70 bits per heavy atom. The van der Waals surface area contributed by atoms with Gasteiger partial charge in [-0.3, -0.25) is 0 Å². The molecule has 0 radical (unpaired) electrons. The molecule has 0 spiro atoms. The second-order valence-electron chi connectivity index (χ2n) is 5.34. The monoisotopic (exact) mass is 312 g/mol. The summed E-state index contributed by atoms with van der Waals surface area (Å²) in [7, 11) is 2.81. The maximum absolute atomic E-state index is 14.0. The summed E-state index contributed by atoms with van der Waals surface area (Å²) in [4.78, 5) is 11.8. The predicted octanol–water partition coefficient (Wildman–Crippen LogP) is 4.00. The van der Waals surface area contributed by atoms with E-state index in [2.05, 4.69) is 6.08 Å². The lowest BCUT2D eigenvalue weighted by molar-refractivity contribution is 0.0600. The Bertz CT molecular complexity index is 793. The fraction of sp³-hybridized carbons (Fsp3) is 0.211. The fourth-order valence-corrected chi connectivity index (χ4v) is 2.96. The van der Waals surface area contributed by atoms with Crippen molar-refractivity contribution < 1.29 is 18.7 Å². The molecule has 0 aliphatic heterocycles. The number of hydrogen-bond acceptors (Lipinski definition) is 3. The van der Waals surface area contributed by atoms with Crippen molar-refractivity contribution >= 4 is 11.5 Å². The van der Waals surface area contributed by atoms with Crippen LogP contribution in [0.5, 0.6) is 5.75 Å². The summed E-state index contributed by atoms with van der Waals surface area (Å²) >= 11 is 0. The van der Waals surface area contributed by atoms with E-state index >= 15 is 0 Å². The summed E-state index contributed by atoms with van der Waals surface area (Å²) < 4.78 is 24.0. The maximum Gasteiger partial charge on any atom is 0.337 e. The van der Waals surface area contributed by atoms with E-state index in [1.165, 1.54) is 20.3 Å². The fourth-order valence-electron chi connectivity index (χ4n) is 2.96. The number of aryl methyl sites for hydroxylation is 1. The van der Waals surface area contributed by atoms with E-state index in [-0.39, 0.29) is 11.7 Å². The van der Waals surface area contributed by atoms with Crippen LogP contribution >= 0.6 is 0 Å². The molecule has 3 nitrogen and oxygen atoms in total. The number of halogens is 1. The van der Waals surface area contributed by atoms with Gasteiger partial charge in [0, 0.05) is 5.56 Å². The van der Waals surface area contributed by atoms with Gasteiger partial charge in [0.2, 0.25) is 0 Å². The number of esters is 1. The van der Waals surface area contributed by atoms with Crippen LogP contribution in [0.3, 0.4) is 0 Å². The molecule has 0 atom stereocenters. The highest BCUT2D eigenvalue weighted by Crippen LogP contribution is 2.37. The molecule has 23 heavy (non-hydrogen) atoms. The van der Waals surface area contributed by atoms with Gasteiger partial charge in [0.05, 0.1) is 19.8 Å². The Hall–Kier alpha value is -2.62. The molecule has 1 aliphatic rings. The van der Waals surface area contributed by atoms with Gasteiger partial charge in [0.1, 0.15) is 0 Å². The van der Waals surface area contributed by atoms with Crippen LogP contribution in [-0.4, -0.2) is 20.2 Å². The molecule has 0 unspecified atom stereocenters. The number of allylic oxidation sites excluding steroid dienone is 1. The predicted molar refractivity (Wildman–Crippen MR) is 86.1 cm³/mol. The van der Waals surface area contributed by atoms with Crippen LogP contribution in [-0.2, 0) is 11.2 Å². The van der Waals surface area contributed by atoms with Gasteiger partial charge in [-0.15, -0.1) is 0 Å². The molecule has 0 heterocycles. The second-order valence-corrected chi connectivity index (χ2v) is 5.34. The van der Waals surface area contributed by atoms with Gasteiger partial charge in [0.15, 0.2) is 11.6 Å². The van der Waals surface area contributed by atoms with E-state index in [0.717, 1.165) is 29.5 Å². The molecule has 0 fully saturated rings. The number of rotatable bonds is 3. The lowest BCUT2D eigenvalue weighted by Crippen LogP contribution is -2.07. The summed E-state index contributed by atoms with van der Waals surface area (Å²) in [5, 5.41) is 0. The number of para-hydroxylation sites is 1. The minimum Gasteiger partial charge on any atom is -0.493 e. The van der Waals surface area contributed by atoms with E-state index in [0.29, 0.717) is 11.1 Å². The van der Waals surface area contributed by atoms with E-state index in [1.54, 1.807) is 18.2 Å². The largest absolute Gasteiger partial charge is 0.493 e. The Morgan fingerprint density at radius 1 is 1.13 bits per heavy atom. The third kappa shape index (κ3) is 2.72. The van der Waals surface area contributed by atoms with Crippen molar-refractivity contribution in [1.82, 2.24) is 0 Å². The van der Waals surface area contributed by atoms with Crippen LogP contribution in [0.1, 0.15) is 33.5 Å². The molecule has 0 saturated heterocycles. The zero-order valence-corrected chi connectivity index (χ0v) is 13.1. The van der Waals surface area contributed by atoms with Crippen molar-refractivity contribution in [3.63, 3.8) is 0 Å². The maximum atomic E-state index is 14.0. The van der Waals surface area contributed by atoms with Crippen LogP contribution in [0.15, 0.2) is 42.5 Å². The van der Waals surface area contributed by atoms with Gasteiger partial charge in [-0.1, -0.05) is 24.3 Å². The van der Waals surface area contributed by atoms with Crippen molar-refractivity contribution in [3.05, 3.63) is 70.5 Å². The zero-order valence-electron chi connectivity index (χ0n) is 13.1. The number of benzene rings is 2. The van der Waals surface area contributed by atoms with Gasteiger partial charge in [0.25, 0.3) is 0 Å². The highest BCUT2D eigenvalue weighted by Gasteiger charge is 2.20. The number of carbonyl (C=O) groups is 1. The van der Waals surface area contributed by atoms with Crippen molar-refractivity contribution in [2.24, 2.45) is 0 Å². The first kappa shape index (κ1) is 15.3. The van der Waals surface area contributed by atoms with E-state index in [4.69, 9.17) is 9.47 Å². The number of carbonyl (C=O) groups excluding carboxylic acids is 1. The average Bonchev–Trinajstić information content (AvgIpc) is 2.59. The summed E-state index contributed by atoms with van der Waals surface area (Å²) in [6.07, 6.45) is 3.80. The lowest BCUT2D eigenvalue weighted by atomic mass is 9.85. The van der Waals surface area contributed by atoms with Crippen LogP contribution in [0.25, 0.3) is 5.57 Å². The smallest absolute Gasteiger partial charge is 0.337 e. The summed E-state index contributed by atoms with van der Waals surface area (Å²) in [6, 6.07) is 10.4. The Morgan fingerprint density at radius 2 is 1.96 bits per heavy atom. The average molecular weight is 312 g/mol. The first-order chi connectivity index (χ1) is 11.2. The normalized spacial score (nSPS) is 13.1. The second kappa shape index (κ2) is 6.24. The third-order valence-electron chi connectivity index (χ3n) is 4.04. The SMILES string of the molecule is COC(=O)c1ccc2c(c1)C(c1cccc(F)c1OC)=CCC2. The first-order valence-corrected chi connectivity index (χ1v) is 7.40. The Balaban J connectivity index is 2.15. The van der Waals surface area contributed by atoms with E-state index < -0.39 is 5.82 Å². The summed E-state index contributed by atoms with van der Waals surface area (Å²) in [6.45, 7) is 0. The number of hydrogen-bond donors (Lipinski definition) is 0. The molecule has 0 aromatic heterocycles. The molecule has 2 aromatic rings. The molecular weight excluding hydrogens is 295 g/mol. The third-order valence-corrected chi connectivity index (χ3v) is 4.04. The van der Waals surface area contributed by atoms with E-state index in [1.807, 2.05) is 12.1 Å². The van der Waals surface area contributed by atoms with Gasteiger partial charge < -0.3 is 9.47 Å². The molecule has 0 bridgehead atoms. The van der Waals surface area contributed by atoms with Crippen molar-refractivity contribution in [3.8, 4) is 5.75 Å². The molecular formula is C19H17FO3. The minimum absolute atomic E-state index is 0.218. The zero-order chi connectivity index (χ0) is 16.4. The summed E-state index contributed by atoms with van der Waals surface area (Å²) in [5.74, 6) is -0.568. The van der Waals surface area contributed by atoms with E-state index in [9.17, 15) is 9.18 Å². The first-order valence-electron chi connectivity index (χ1n) is 7.40. The topological polar surface area (TPSA) is 35.5 Å². The number of ether oxygens (including phenoxy) is 2. The molecule has 2 aromatic carbocycles. The van der Waals surface area contributed by atoms with Gasteiger partial charge >= 0.3 is 5.97 Å². The van der Waals surface area contributed by atoms with Crippen LogP contribution in [0.2, 0.25) is 0 Å². The molecule has 3 rings (SSSR count). The van der Waals surface area contributed by atoms with Crippen molar-refractivity contribution in [2.75, 3.05) is 14.2 Å². The van der Waals surface area contributed by atoms with Gasteiger partial charge in [-0.2, -0.15) is 0 Å². The number of methoxy groups -OCH3 is 2. The van der Waals surface area contributed by atoms with Crippen LogP contribution in [0, 0.1) is 5.82 Å². The quantitative estimate of drug-likeness (QED) is 0.804. The molecule has 0 amide bonds. The highest BCUT2D eigenvalue weighted by atomic mass is 19.1. The van der Waals surface area contributed by atoms with Gasteiger partial charge in [-0.25, -0.2) is 9.18 Å². The standard InChI is InChI=1S/C19H17FO3/c1-22-18-15(7-4-8-17(18)20)14-6-3-5-12-9-10-13(11-16(12)14)19(21)23-2/h4,6-11H,3,5H2,1-2H3. The molecule has 0 N–H and O–H groups in total. The van der Waals surface area contributed by atoms with Crippen molar-refractivity contribution in [1.29, 1.82) is 0 Å². The van der Waals surface area contributed by atoms with Crippen LogP contribution in [0.4, 0.5) is 4.39 Å². The highest BCUT2D eigenvalue weighted by molar-refractivity contribution is 5.93. The Kier molecular flexibility index (Phi) is 4.15. The molecule has 4 heteroatoms. The Labute approximate surface area is 134 Å². The van der Waals surface area contributed by atoms with Gasteiger partial charge in [-0.05, 0) is 47.7 Å². The minimum atomic E-state index is -0.401. The lowest BCUT2D eigenvalue weighted by Gasteiger charge is -2.20. The molecule has 1 aliphatic carbocycles. The molecule has 118 valence electrons.